The summed E-state index contributed by atoms with van der Waals surface area (Å²) < 4.78 is 39.9. The van der Waals surface area contributed by atoms with E-state index in [4.69, 9.17) is 9.47 Å². The van der Waals surface area contributed by atoms with Crippen LogP contribution in [0.1, 0.15) is 11.6 Å². The molecule has 0 spiro atoms. The van der Waals surface area contributed by atoms with Crippen molar-refractivity contribution >= 4 is 10.2 Å². The molecule has 0 unspecified atom stereocenters. The molecule has 2 heterocycles. The van der Waals surface area contributed by atoms with Crippen molar-refractivity contribution in [2.24, 2.45) is 0 Å². The maximum atomic E-state index is 13.1. The number of hydrogen-bond acceptors (Lipinski definition) is 5. The van der Waals surface area contributed by atoms with Crippen LogP contribution >= 0.6 is 0 Å². The lowest BCUT2D eigenvalue weighted by molar-refractivity contribution is 0.0685. The first-order valence-electron chi connectivity index (χ1n) is 7.83. The number of rotatable bonds is 4. The summed E-state index contributed by atoms with van der Waals surface area (Å²) in [7, 11) is -1.91. The molecule has 1 aromatic carbocycles. The van der Waals surface area contributed by atoms with Crippen LogP contribution < -0.4 is 10.1 Å². The van der Waals surface area contributed by atoms with Crippen LogP contribution in [-0.4, -0.2) is 70.1 Å². The molecule has 1 atom stereocenters. The molecule has 2 aliphatic heterocycles. The second kappa shape index (κ2) is 7.14. The van der Waals surface area contributed by atoms with E-state index in [1.807, 2.05) is 24.3 Å². The molecule has 0 aromatic heterocycles. The van der Waals surface area contributed by atoms with Gasteiger partial charge < -0.3 is 14.8 Å². The molecule has 1 aromatic rings. The molecule has 0 saturated carbocycles. The van der Waals surface area contributed by atoms with Gasteiger partial charge in [0, 0.05) is 38.3 Å². The van der Waals surface area contributed by atoms with E-state index >= 15 is 0 Å². The standard InChI is InChI=1S/C15H23N3O4S/c1-21-15-5-3-2-4-13(15)14-12-16-6-7-18(14)23(19,20)17-8-10-22-11-9-17/h2-5,14,16H,6-12H2,1H3/t14-/m0/s1. The van der Waals surface area contributed by atoms with Gasteiger partial charge in [0.25, 0.3) is 10.2 Å². The molecular weight excluding hydrogens is 318 g/mol. The lowest BCUT2D eigenvalue weighted by Crippen LogP contribution is -2.55. The predicted octanol–water partition coefficient (Wildman–Crippen LogP) is 0.219. The molecule has 1 N–H and O–H groups in total. The second-order valence-corrected chi connectivity index (χ2v) is 7.47. The fourth-order valence-corrected chi connectivity index (χ4v) is 4.83. The highest BCUT2D eigenvalue weighted by molar-refractivity contribution is 7.86. The number of nitrogens with zero attached hydrogens (tertiary/aromatic N) is 2. The van der Waals surface area contributed by atoms with Crippen molar-refractivity contribution in [2.75, 3.05) is 53.0 Å². The Labute approximate surface area is 137 Å². The predicted molar refractivity (Wildman–Crippen MR) is 86.6 cm³/mol. The average Bonchev–Trinajstić information content (AvgIpc) is 2.62. The molecular formula is C15H23N3O4S. The molecule has 0 radical (unpaired) electrons. The van der Waals surface area contributed by atoms with Crippen molar-refractivity contribution in [1.29, 1.82) is 0 Å². The zero-order valence-electron chi connectivity index (χ0n) is 13.3. The Morgan fingerprint density at radius 3 is 2.70 bits per heavy atom. The van der Waals surface area contributed by atoms with Crippen LogP contribution in [0.5, 0.6) is 5.75 Å². The minimum atomic E-state index is -3.52. The van der Waals surface area contributed by atoms with Crippen molar-refractivity contribution in [2.45, 2.75) is 6.04 Å². The quantitative estimate of drug-likeness (QED) is 0.848. The number of methoxy groups -OCH3 is 1. The maximum Gasteiger partial charge on any atom is 0.282 e. The van der Waals surface area contributed by atoms with Crippen LogP contribution in [0.25, 0.3) is 0 Å². The lowest BCUT2D eigenvalue weighted by Gasteiger charge is -2.39. The van der Waals surface area contributed by atoms with Gasteiger partial charge in [-0.3, -0.25) is 0 Å². The Hall–Kier alpha value is -1.19. The first-order valence-corrected chi connectivity index (χ1v) is 9.22. The zero-order chi connectivity index (χ0) is 16.3. The first kappa shape index (κ1) is 16.7. The third-order valence-electron chi connectivity index (χ3n) is 4.28. The number of nitrogens with one attached hydrogen (secondary N) is 1. The Morgan fingerprint density at radius 1 is 1.22 bits per heavy atom. The Balaban J connectivity index is 1.92. The smallest absolute Gasteiger partial charge is 0.282 e. The van der Waals surface area contributed by atoms with Gasteiger partial charge in [-0.1, -0.05) is 18.2 Å². The lowest BCUT2D eigenvalue weighted by atomic mass is 10.0. The SMILES string of the molecule is COc1ccccc1[C@@H]1CNCCN1S(=O)(=O)N1CCOCC1. The third-order valence-corrected chi connectivity index (χ3v) is 6.33. The van der Waals surface area contributed by atoms with Crippen molar-refractivity contribution in [3.05, 3.63) is 29.8 Å². The van der Waals surface area contributed by atoms with Crippen molar-refractivity contribution < 1.29 is 17.9 Å². The number of morpholine rings is 1. The molecule has 2 aliphatic rings. The summed E-state index contributed by atoms with van der Waals surface area (Å²) in [5, 5.41) is 3.28. The van der Waals surface area contributed by atoms with Gasteiger partial charge >= 0.3 is 0 Å². The fourth-order valence-electron chi connectivity index (χ4n) is 3.09. The largest absolute Gasteiger partial charge is 0.496 e. The fraction of sp³-hybridized carbons (Fsp3) is 0.600. The van der Waals surface area contributed by atoms with E-state index in [1.165, 1.54) is 4.31 Å². The van der Waals surface area contributed by atoms with Gasteiger partial charge in [-0.2, -0.15) is 17.0 Å². The van der Waals surface area contributed by atoms with E-state index < -0.39 is 10.2 Å². The summed E-state index contributed by atoms with van der Waals surface area (Å²) in [6, 6.07) is 7.32. The highest BCUT2D eigenvalue weighted by atomic mass is 32.2. The molecule has 128 valence electrons. The van der Waals surface area contributed by atoms with E-state index in [0.717, 1.165) is 5.56 Å². The summed E-state index contributed by atoms with van der Waals surface area (Å²) in [5.74, 6) is 0.711. The van der Waals surface area contributed by atoms with Gasteiger partial charge in [-0.25, -0.2) is 0 Å². The Morgan fingerprint density at radius 2 is 1.96 bits per heavy atom. The maximum absolute atomic E-state index is 13.1. The molecule has 0 bridgehead atoms. The Bertz CT molecular complexity index is 631. The van der Waals surface area contributed by atoms with E-state index in [2.05, 4.69) is 5.32 Å². The number of ether oxygens (including phenoxy) is 2. The van der Waals surface area contributed by atoms with Crippen LogP contribution in [0.15, 0.2) is 24.3 Å². The summed E-state index contributed by atoms with van der Waals surface area (Å²) >= 11 is 0. The minimum absolute atomic E-state index is 0.271. The highest BCUT2D eigenvalue weighted by Crippen LogP contribution is 2.32. The highest BCUT2D eigenvalue weighted by Gasteiger charge is 2.38. The molecule has 0 amide bonds. The molecule has 2 fully saturated rings. The normalized spacial score (nSPS) is 24.5. The molecule has 7 nitrogen and oxygen atoms in total. The van der Waals surface area contributed by atoms with Crippen molar-refractivity contribution in [3.8, 4) is 5.75 Å². The molecule has 8 heteroatoms. The van der Waals surface area contributed by atoms with E-state index in [1.54, 1.807) is 11.4 Å². The van der Waals surface area contributed by atoms with Gasteiger partial charge in [0.1, 0.15) is 5.75 Å². The molecule has 23 heavy (non-hydrogen) atoms. The van der Waals surface area contributed by atoms with Gasteiger partial charge in [-0.05, 0) is 6.07 Å². The van der Waals surface area contributed by atoms with Crippen LogP contribution in [0.4, 0.5) is 0 Å². The number of hydrogen-bond donors (Lipinski definition) is 1. The number of piperazine rings is 1. The molecule has 2 saturated heterocycles. The van der Waals surface area contributed by atoms with Gasteiger partial charge in [0.05, 0.1) is 26.4 Å². The molecule has 0 aliphatic carbocycles. The van der Waals surface area contributed by atoms with Crippen molar-refractivity contribution in [3.63, 3.8) is 0 Å². The van der Waals surface area contributed by atoms with Gasteiger partial charge in [-0.15, -0.1) is 0 Å². The van der Waals surface area contributed by atoms with Crippen LogP contribution in [0.3, 0.4) is 0 Å². The average molecular weight is 341 g/mol. The number of benzene rings is 1. The summed E-state index contributed by atoms with van der Waals surface area (Å²) in [6.07, 6.45) is 0. The van der Waals surface area contributed by atoms with Crippen LogP contribution in [0, 0.1) is 0 Å². The van der Waals surface area contributed by atoms with Crippen LogP contribution in [-0.2, 0) is 14.9 Å². The number of para-hydroxylation sites is 1. The van der Waals surface area contributed by atoms with E-state index in [9.17, 15) is 8.42 Å². The second-order valence-electron chi connectivity index (χ2n) is 5.59. The third kappa shape index (κ3) is 3.36. The van der Waals surface area contributed by atoms with Crippen LogP contribution in [0.2, 0.25) is 0 Å². The zero-order valence-corrected chi connectivity index (χ0v) is 14.1. The topological polar surface area (TPSA) is 71.1 Å². The summed E-state index contributed by atoms with van der Waals surface area (Å²) in [5.41, 5.74) is 0.888. The van der Waals surface area contributed by atoms with E-state index in [-0.39, 0.29) is 6.04 Å². The summed E-state index contributed by atoms with van der Waals surface area (Å²) in [6.45, 7) is 3.38. The van der Waals surface area contributed by atoms with Crippen molar-refractivity contribution in [1.82, 2.24) is 13.9 Å². The Kier molecular flexibility index (Phi) is 5.17. The minimum Gasteiger partial charge on any atom is -0.496 e. The monoisotopic (exact) mass is 341 g/mol. The molecule has 3 rings (SSSR count). The summed E-state index contributed by atoms with van der Waals surface area (Å²) in [4.78, 5) is 0. The first-order chi connectivity index (χ1) is 11.1. The van der Waals surface area contributed by atoms with Gasteiger partial charge in [0.2, 0.25) is 0 Å². The van der Waals surface area contributed by atoms with Gasteiger partial charge in [0.15, 0.2) is 0 Å². The van der Waals surface area contributed by atoms with E-state index in [0.29, 0.717) is 51.7 Å².